The van der Waals surface area contributed by atoms with Crippen molar-refractivity contribution in [1.82, 2.24) is 0 Å². The normalized spacial score (nSPS) is 15.4. The highest BCUT2D eigenvalue weighted by atomic mass is 19.3. The van der Waals surface area contributed by atoms with Crippen molar-refractivity contribution in [3.63, 3.8) is 0 Å². The molecular weight excluding hydrogens is 357 g/mol. The van der Waals surface area contributed by atoms with Crippen molar-refractivity contribution >= 4 is 30.2 Å². The minimum Gasteiger partial charge on any atom is -0.572 e. The van der Waals surface area contributed by atoms with Gasteiger partial charge >= 0.3 is 7.11 Å². The molecule has 1 aliphatic heterocycles. The van der Waals surface area contributed by atoms with Crippen LogP contribution in [0.15, 0.2) is 42.2 Å². The van der Waals surface area contributed by atoms with Crippen molar-refractivity contribution < 1.29 is 32.0 Å². The fourth-order valence-corrected chi connectivity index (χ4v) is 2.55. The van der Waals surface area contributed by atoms with Gasteiger partial charge in [-0.3, -0.25) is 9.59 Å². The summed E-state index contributed by atoms with van der Waals surface area (Å²) in [5, 5.41) is 0. The highest BCUT2D eigenvalue weighted by Gasteiger charge is 2.52. The summed E-state index contributed by atoms with van der Waals surface area (Å²) in [7, 11) is -4.49. The van der Waals surface area contributed by atoms with Gasteiger partial charge in [-0.25, -0.2) is 0 Å². The van der Waals surface area contributed by atoms with Gasteiger partial charge in [0.2, 0.25) is 0 Å². The van der Waals surface area contributed by atoms with Gasteiger partial charge in [0.1, 0.15) is 17.3 Å². The van der Waals surface area contributed by atoms with Gasteiger partial charge in [0.15, 0.2) is 0 Å². The molecule has 0 saturated heterocycles. The van der Waals surface area contributed by atoms with Crippen molar-refractivity contribution in [3.8, 4) is 0 Å². The van der Waals surface area contributed by atoms with Crippen LogP contribution in [0, 0.1) is 0 Å². The first kappa shape index (κ1) is 20.7. The van der Waals surface area contributed by atoms with Crippen LogP contribution in [0.2, 0.25) is 0 Å². The number of hydrogen-bond acceptors (Lipinski definition) is 4. The Hall–Kier alpha value is -2.64. The second kappa shape index (κ2) is 9.34. The number of benzene rings is 1. The zero-order valence-corrected chi connectivity index (χ0v) is 15.1. The number of Topliss-reactive ketones (excluding diaryl/α,β-unsaturated/α-hetero) is 3. The molecule has 8 heteroatoms. The van der Waals surface area contributed by atoms with Crippen molar-refractivity contribution in [1.29, 1.82) is 0 Å². The monoisotopic (exact) mass is 378 g/mol. The molecule has 0 unspecified atom stereocenters. The smallest absolute Gasteiger partial charge is 0.572 e. The van der Waals surface area contributed by atoms with Crippen LogP contribution < -0.4 is 0 Å². The molecule has 27 heavy (non-hydrogen) atoms. The van der Waals surface area contributed by atoms with Crippen molar-refractivity contribution in [2.75, 3.05) is 0 Å². The minimum atomic E-state index is -4.49. The maximum Gasteiger partial charge on any atom is 0.994 e. The summed E-state index contributed by atoms with van der Waals surface area (Å²) in [6, 6.07) is 8.43. The van der Waals surface area contributed by atoms with Gasteiger partial charge in [-0.1, -0.05) is 18.2 Å². The summed E-state index contributed by atoms with van der Waals surface area (Å²) in [6.07, 6.45) is 1.71. The van der Waals surface area contributed by atoms with E-state index >= 15 is 0 Å². The van der Waals surface area contributed by atoms with Crippen LogP contribution in [-0.2, 0) is 19.0 Å². The average Bonchev–Trinajstić information content (AvgIpc) is 2.62. The molecule has 0 fully saturated rings. The zero-order valence-electron chi connectivity index (χ0n) is 15.1. The van der Waals surface area contributed by atoms with Crippen LogP contribution in [0.1, 0.15) is 55.4 Å². The molecule has 144 valence electrons. The molecule has 5 nitrogen and oxygen atoms in total. The Labute approximate surface area is 156 Å². The van der Waals surface area contributed by atoms with Crippen LogP contribution in [0.4, 0.5) is 8.63 Å². The Kier molecular flexibility index (Phi) is 7.16. The molecule has 1 aromatic rings. The summed E-state index contributed by atoms with van der Waals surface area (Å²) in [4.78, 5) is 34.3. The fraction of sp³-hybridized carbons (Fsp3) is 0.368. The molecule has 1 heterocycles. The highest BCUT2D eigenvalue weighted by molar-refractivity contribution is 6.51. The van der Waals surface area contributed by atoms with Crippen molar-refractivity contribution in [2.24, 2.45) is 0 Å². The molecule has 0 aliphatic carbocycles. The molecule has 0 saturated carbocycles. The molecule has 0 spiro atoms. The van der Waals surface area contributed by atoms with Gasteiger partial charge in [0, 0.05) is 38.5 Å². The summed E-state index contributed by atoms with van der Waals surface area (Å²) in [5.74, 6) is -0.490. The van der Waals surface area contributed by atoms with Crippen LogP contribution in [0.3, 0.4) is 0 Å². The molecule has 2 rings (SSSR count). The largest absolute Gasteiger partial charge is 0.994 e. The van der Waals surface area contributed by atoms with Gasteiger partial charge in [-0.15, -0.1) is 0 Å². The molecular formula is C19H21BF2O5. The van der Waals surface area contributed by atoms with E-state index in [2.05, 4.69) is 9.00 Å². The lowest BCUT2D eigenvalue weighted by atomic mass is 10.0. The highest BCUT2D eigenvalue weighted by Crippen LogP contribution is 2.25. The molecule has 0 radical (unpaired) electrons. The Morgan fingerprint density at radius 3 is 2.19 bits per heavy atom. The van der Waals surface area contributed by atoms with E-state index in [4.69, 9.17) is 0 Å². The van der Waals surface area contributed by atoms with E-state index in [1.165, 1.54) is 13.0 Å². The third-order valence-corrected chi connectivity index (χ3v) is 3.99. The second-order valence-corrected chi connectivity index (χ2v) is 6.39. The number of carbonyl (C=O) groups is 3. The third-order valence-electron chi connectivity index (χ3n) is 3.99. The molecule has 0 atom stereocenters. The first-order valence-electron chi connectivity index (χ1n) is 8.79. The van der Waals surface area contributed by atoms with E-state index in [9.17, 15) is 23.0 Å². The zero-order chi connectivity index (χ0) is 19.9. The lowest BCUT2D eigenvalue weighted by Crippen LogP contribution is -2.31. The molecule has 0 aromatic heterocycles. The van der Waals surface area contributed by atoms with E-state index in [-0.39, 0.29) is 67.4 Å². The third kappa shape index (κ3) is 7.25. The van der Waals surface area contributed by atoms with Gasteiger partial charge in [0.25, 0.3) is 5.78 Å². The van der Waals surface area contributed by atoms with E-state index in [0.29, 0.717) is 5.56 Å². The van der Waals surface area contributed by atoms with Crippen molar-refractivity contribution in [2.45, 2.75) is 45.4 Å². The Morgan fingerprint density at radius 1 is 0.963 bits per heavy atom. The van der Waals surface area contributed by atoms with E-state index in [1.807, 2.05) is 0 Å². The van der Waals surface area contributed by atoms with Crippen LogP contribution in [0.5, 0.6) is 0 Å². The fourth-order valence-electron chi connectivity index (χ4n) is 2.55. The number of hydrogen-bond donors (Lipinski definition) is 0. The molecule has 1 aromatic carbocycles. The standard InChI is InChI=1S/C19H21BF2O5/c1-14(23)7-8-16(24)9-10-17(25)11-12-18-13-19(27-20(21,22)26-18)15-5-3-2-4-6-15/h2-6,13H,7-12H2,1H3. The van der Waals surface area contributed by atoms with E-state index < -0.39 is 7.11 Å². The number of allylic oxidation sites excluding steroid dienone is 2. The van der Waals surface area contributed by atoms with Gasteiger partial charge < -0.3 is 22.4 Å². The summed E-state index contributed by atoms with van der Waals surface area (Å²) in [5.41, 5.74) is 0.488. The van der Waals surface area contributed by atoms with Crippen LogP contribution in [0.25, 0.3) is 0 Å². The topological polar surface area (TPSA) is 71.7 Å². The first-order chi connectivity index (χ1) is 12.7. The molecule has 0 amide bonds. The number of ketones is 4. The molecule has 0 bridgehead atoms. The Balaban J connectivity index is 1.88. The first-order valence-corrected chi connectivity index (χ1v) is 8.79. The van der Waals surface area contributed by atoms with Gasteiger partial charge in [0.05, 0.1) is 17.4 Å². The Morgan fingerprint density at radius 2 is 1.56 bits per heavy atom. The van der Waals surface area contributed by atoms with Crippen LogP contribution in [-0.4, -0.2) is 30.2 Å². The van der Waals surface area contributed by atoms with Gasteiger partial charge in [-0.05, 0) is 19.1 Å². The minimum absolute atomic E-state index is 0.00248. The summed E-state index contributed by atoms with van der Waals surface area (Å²) < 4.78 is 36.6. The van der Waals surface area contributed by atoms with E-state index in [1.54, 1.807) is 30.3 Å². The van der Waals surface area contributed by atoms with Crippen LogP contribution >= 0.6 is 0 Å². The summed E-state index contributed by atoms with van der Waals surface area (Å²) >= 11 is 0. The number of carbonyl (C=O) groups excluding carboxylic acids is 4. The molecule has 1 aliphatic rings. The quantitative estimate of drug-likeness (QED) is 0.459. The number of halogens is 2. The average molecular weight is 378 g/mol. The van der Waals surface area contributed by atoms with Gasteiger partial charge in [-0.2, -0.15) is 0 Å². The predicted molar refractivity (Wildman–Crippen MR) is 96.3 cm³/mol. The lowest BCUT2D eigenvalue weighted by Gasteiger charge is -2.19. The molecule has 0 N–H and O–H groups in total. The Bertz CT molecular complexity index is 772. The van der Waals surface area contributed by atoms with Crippen molar-refractivity contribution in [3.05, 3.63) is 47.7 Å². The van der Waals surface area contributed by atoms with E-state index in [0.717, 1.165) is 0 Å². The SMILES string of the molecule is CC(=O)CCC(=O)CCC(=O)CCC1=CC(c2ccccc2)=[O+][B-](F)(F)O1. The maximum atomic E-state index is 13.7. The maximum absolute atomic E-state index is 13.7. The summed E-state index contributed by atoms with van der Waals surface area (Å²) in [6.45, 7) is 1.40. The second-order valence-electron chi connectivity index (χ2n) is 6.39. The lowest BCUT2D eigenvalue weighted by molar-refractivity contribution is -0.189. The number of rotatable bonds is 10. The predicted octanol–water partition coefficient (Wildman–Crippen LogP) is 3.76.